The van der Waals surface area contributed by atoms with E-state index in [2.05, 4.69) is 17.1 Å². The van der Waals surface area contributed by atoms with Crippen molar-refractivity contribution in [1.29, 1.82) is 0 Å². The molecular weight excluding hydrogens is 214 g/mol. The first kappa shape index (κ1) is 11.6. The summed E-state index contributed by atoms with van der Waals surface area (Å²) in [5, 5.41) is 3.92. The molecule has 2 aromatic rings. The largest absolute Gasteiger partial charge is 0.399 e. The van der Waals surface area contributed by atoms with E-state index in [1.807, 2.05) is 24.3 Å². The van der Waals surface area contributed by atoms with Crippen LogP contribution in [0.5, 0.6) is 0 Å². The van der Waals surface area contributed by atoms with E-state index < -0.39 is 0 Å². The standard InChI is InChI=1S/C13H17N3O/c1-2-5-12-15-13(17-16-12)9-8-10-6-3-4-7-11(10)14/h3-4,6-7H,2,5,8-9,14H2,1H3. The lowest BCUT2D eigenvalue weighted by Gasteiger charge is -2.02. The van der Waals surface area contributed by atoms with Crippen LogP contribution in [0.15, 0.2) is 28.8 Å². The zero-order valence-corrected chi connectivity index (χ0v) is 10.0. The van der Waals surface area contributed by atoms with Gasteiger partial charge in [-0.1, -0.05) is 30.3 Å². The van der Waals surface area contributed by atoms with Crippen LogP contribution >= 0.6 is 0 Å². The molecule has 1 heterocycles. The normalized spacial score (nSPS) is 10.6. The molecule has 0 radical (unpaired) electrons. The molecule has 1 aromatic heterocycles. The molecule has 4 heteroatoms. The van der Waals surface area contributed by atoms with Gasteiger partial charge in [0, 0.05) is 18.5 Å². The number of nitrogens with two attached hydrogens (primary N) is 1. The lowest BCUT2D eigenvalue weighted by molar-refractivity contribution is 0.373. The van der Waals surface area contributed by atoms with E-state index in [9.17, 15) is 0 Å². The number of benzene rings is 1. The minimum absolute atomic E-state index is 0.691. The molecule has 0 amide bonds. The van der Waals surface area contributed by atoms with E-state index in [1.165, 1.54) is 0 Å². The van der Waals surface area contributed by atoms with Crippen LogP contribution in [0.2, 0.25) is 0 Å². The second kappa shape index (κ2) is 5.48. The molecule has 0 saturated heterocycles. The van der Waals surface area contributed by atoms with Gasteiger partial charge in [0.2, 0.25) is 5.89 Å². The molecule has 17 heavy (non-hydrogen) atoms. The Bertz CT molecular complexity index is 479. The summed E-state index contributed by atoms with van der Waals surface area (Å²) in [6.07, 6.45) is 3.48. The van der Waals surface area contributed by atoms with Crippen LogP contribution in [0.3, 0.4) is 0 Å². The Balaban J connectivity index is 1.95. The molecular formula is C13H17N3O. The van der Waals surface area contributed by atoms with Crippen LogP contribution in [-0.2, 0) is 19.3 Å². The maximum absolute atomic E-state index is 5.87. The first-order valence-electron chi connectivity index (χ1n) is 5.94. The van der Waals surface area contributed by atoms with Gasteiger partial charge in [0.25, 0.3) is 0 Å². The Morgan fingerprint density at radius 3 is 2.76 bits per heavy atom. The van der Waals surface area contributed by atoms with Gasteiger partial charge in [-0.15, -0.1) is 0 Å². The molecule has 0 fully saturated rings. The molecule has 0 atom stereocenters. The van der Waals surface area contributed by atoms with Crippen molar-refractivity contribution < 1.29 is 4.52 Å². The van der Waals surface area contributed by atoms with Crippen molar-refractivity contribution in [3.8, 4) is 0 Å². The van der Waals surface area contributed by atoms with Gasteiger partial charge in [-0.2, -0.15) is 4.98 Å². The van der Waals surface area contributed by atoms with E-state index >= 15 is 0 Å². The highest BCUT2D eigenvalue weighted by atomic mass is 16.5. The Morgan fingerprint density at radius 2 is 2.00 bits per heavy atom. The third kappa shape index (κ3) is 3.06. The third-order valence-corrected chi connectivity index (χ3v) is 2.65. The molecule has 4 nitrogen and oxygen atoms in total. The van der Waals surface area contributed by atoms with Crippen LogP contribution in [0, 0.1) is 0 Å². The van der Waals surface area contributed by atoms with E-state index in [0.717, 1.165) is 42.8 Å². The summed E-state index contributed by atoms with van der Waals surface area (Å²) in [6, 6.07) is 7.86. The summed E-state index contributed by atoms with van der Waals surface area (Å²) in [4.78, 5) is 4.33. The van der Waals surface area contributed by atoms with Gasteiger partial charge >= 0.3 is 0 Å². The predicted molar refractivity (Wildman–Crippen MR) is 66.6 cm³/mol. The van der Waals surface area contributed by atoms with Gasteiger partial charge in [0.1, 0.15) is 0 Å². The lowest BCUT2D eigenvalue weighted by atomic mass is 10.1. The molecule has 0 spiro atoms. The summed E-state index contributed by atoms with van der Waals surface area (Å²) in [5.74, 6) is 1.49. The summed E-state index contributed by atoms with van der Waals surface area (Å²) < 4.78 is 5.18. The number of nitrogens with zero attached hydrogens (tertiary/aromatic N) is 2. The van der Waals surface area contributed by atoms with Crippen molar-refractivity contribution >= 4 is 5.69 Å². The monoisotopic (exact) mass is 231 g/mol. The van der Waals surface area contributed by atoms with Crippen molar-refractivity contribution in [2.24, 2.45) is 0 Å². The Hall–Kier alpha value is -1.84. The fourth-order valence-electron chi connectivity index (χ4n) is 1.72. The summed E-state index contributed by atoms with van der Waals surface area (Å²) >= 11 is 0. The fraction of sp³-hybridized carbons (Fsp3) is 0.385. The van der Waals surface area contributed by atoms with E-state index in [0.29, 0.717) is 5.89 Å². The smallest absolute Gasteiger partial charge is 0.226 e. The Kier molecular flexibility index (Phi) is 3.75. The van der Waals surface area contributed by atoms with Crippen molar-refractivity contribution in [2.75, 3.05) is 5.73 Å². The number of anilines is 1. The number of rotatable bonds is 5. The number of nitrogen functional groups attached to an aromatic ring is 1. The number of aromatic nitrogens is 2. The summed E-state index contributed by atoms with van der Waals surface area (Å²) in [5.41, 5.74) is 7.82. The fourth-order valence-corrected chi connectivity index (χ4v) is 1.72. The quantitative estimate of drug-likeness (QED) is 0.802. The van der Waals surface area contributed by atoms with Gasteiger partial charge in [0.15, 0.2) is 5.82 Å². The van der Waals surface area contributed by atoms with Gasteiger partial charge in [-0.3, -0.25) is 0 Å². The Labute approximate surface area is 101 Å². The average molecular weight is 231 g/mol. The maximum atomic E-state index is 5.87. The number of aryl methyl sites for hydroxylation is 3. The SMILES string of the molecule is CCCc1noc(CCc2ccccc2N)n1. The summed E-state index contributed by atoms with van der Waals surface area (Å²) in [6.45, 7) is 2.10. The molecule has 1 aromatic carbocycles. The van der Waals surface area contributed by atoms with E-state index in [4.69, 9.17) is 10.3 Å². The highest BCUT2D eigenvalue weighted by molar-refractivity contribution is 5.46. The molecule has 2 N–H and O–H groups in total. The van der Waals surface area contributed by atoms with Crippen LogP contribution in [0.4, 0.5) is 5.69 Å². The van der Waals surface area contributed by atoms with Crippen LogP contribution in [0.1, 0.15) is 30.6 Å². The van der Waals surface area contributed by atoms with Gasteiger partial charge in [-0.25, -0.2) is 0 Å². The van der Waals surface area contributed by atoms with Crippen LogP contribution in [0.25, 0.3) is 0 Å². The second-order valence-corrected chi connectivity index (χ2v) is 4.05. The number of hydrogen-bond acceptors (Lipinski definition) is 4. The van der Waals surface area contributed by atoms with E-state index in [1.54, 1.807) is 0 Å². The summed E-state index contributed by atoms with van der Waals surface area (Å²) in [7, 11) is 0. The first-order valence-corrected chi connectivity index (χ1v) is 5.94. The molecule has 0 saturated carbocycles. The van der Waals surface area contributed by atoms with Gasteiger partial charge in [-0.05, 0) is 24.5 Å². The van der Waals surface area contributed by atoms with Crippen LogP contribution < -0.4 is 5.73 Å². The molecule has 0 aliphatic heterocycles. The zero-order chi connectivity index (χ0) is 12.1. The molecule has 90 valence electrons. The molecule has 0 bridgehead atoms. The lowest BCUT2D eigenvalue weighted by Crippen LogP contribution is -1.97. The zero-order valence-electron chi connectivity index (χ0n) is 10.0. The van der Waals surface area contributed by atoms with Crippen molar-refractivity contribution in [3.63, 3.8) is 0 Å². The van der Waals surface area contributed by atoms with Gasteiger partial charge in [0.05, 0.1) is 0 Å². The average Bonchev–Trinajstić information content (AvgIpc) is 2.76. The number of hydrogen-bond donors (Lipinski definition) is 1. The minimum atomic E-state index is 0.691. The van der Waals surface area contributed by atoms with Crippen molar-refractivity contribution in [3.05, 3.63) is 41.5 Å². The second-order valence-electron chi connectivity index (χ2n) is 4.05. The molecule has 0 aliphatic carbocycles. The van der Waals surface area contributed by atoms with E-state index in [-0.39, 0.29) is 0 Å². The minimum Gasteiger partial charge on any atom is -0.399 e. The molecule has 0 unspecified atom stereocenters. The number of para-hydroxylation sites is 1. The van der Waals surface area contributed by atoms with Crippen molar-refractivity contribution in [1.82, 2.24) is 10.1 Å². The van der Waals surface area contributed by atoms with Crippen LogP contribution in [-0.4, -0.2) is 10.1 Å². The highest BCUT2D eigenvalue weighted by Gasteiger charge is 2.06. The Morgan fingerprint density at radius 1 is 1.18 bits per heavy atom. The molecule has 0 aliphatic rings. The first-order chi connectivity index (χ1) is 8.29. The topological polar surface area (TPSA) is 64.9 Å². The third-order valence-electron chi connectivity index (χ3n) is 2.65. The van der Waals surface area contributed by atoms with Gasteiger partial charge < -0.3 is 10.3 Å². The molecule has 2 rings (SSSR count). The predicted octanol–water partition coefficient (Wildman–Crippen LogP) is 2.39. The van der Waals surface area contributed by atoms with Crippen molar-refractivity contribution in [2.45, 2.75) is 32.6 Å². The highest BCUT2D eigenvalue weighted by Crippen LogP contribution is 2.13. The maximum Gasteiger partial charge on any atom is 0.226 e.